The number of hydrogen-bond donors (Lipinski definition) is 2. The maximum absolute atomic E-state index is 12.4. The molecule has 9 nitrogen and oxygen atoms in total. The summed E-state index contributed by atoms with van der Waals surface area (Å²) in [5.41, 5.74) is 7.71. The van der Waals surface area contributed by atoms with Crippen LogP contribution in [0, 0.1) is 12.5 Å². The van der Waals surface area contributed by atoms with Gasteiger partial charge in [0, 0.05) is 7.11 Å². The molecule has 0 bridgehead atoms. The minimum atomic E-state index is -4.15. The average Bonchev–Trinajstić information content (AvgIpc) is 2.54. The van der Waals surface area contributed by atoms with Crippen LogP contribution >= 0.6 is 0 Å². The fourth-order valence-corrected chi connectivity index (χ4v) is 3.51. The minimum Gasteiger partial charge on any atom is -0.388 e. The van der Waals surface area contributed by atoms with Crippen molar-refractivity contribution in [1.82, 2.24) is 4.91 Å². The number of nitrogens with zero attached hydrogens (tertiary/aromatic N) is 2. The molecule has 2 N–H and O–H groups in total. The Morgan fingerprint density at radius 1 is 1.33 bits per heavy atom. The lowest BCUT2D eigenvalue weighted by Gasteiger charge is -2.38. The van der Waals surface area contributed by atoms with Crippen molar-refractivity contribution >= 4 is 10.1 Å². The number of aliphatic hydroxyl groups excluding tert-OH is 1. The van der Waals surface area contributed by atoms with E-state index < -0.39 is 40.8 Å². The van der Waals surface area contributed by atoms with Gasteiger partial charge < -0.3 is 14.6 Å². The number of nitrogens with one attached hydrogen (secondary N) is 1. The number of aliphatic hydroxyl groups is 1. The van der Waals surface area contributed by atoms with Crippen molar-refractivity contribution in [3.8, 4) is 0 Å². The van der Waals surface area contributed by atoms with Crippen LogP contribution in [0.1, 0.15) is 12.5 Å². The highest BCUT2D eigenvalue weighted by Crippen LogP contribution is 2.28. The molecule has 1 saturated heterocycles. The molecule has 1 aromatic carbocycles. The number of methoxy groups -OCH3 is 1. The maximum atomic E-state index is 12.4. The number of hydrogen-bond acceptors (Lipinski definition) is 8. The molecule has 10 heteroatoms. The van der Waals surface area contributed by atoms with E-state index in [1.54, 1.807) is 19.1 Å². The molecule has 5 atom stereocenters. The van der Waals surface area contributed by atoms with Crippen molar-refractivity contribution in [2.75, 3.05) is 7.11 Å². The third-order valence-electron chi connectivity index (χ3n) is 3.76. The summed E-state index contributed by atoms with van der Waals surface area (Å²) in [6.45, 7) is 3.44. The van der Waals surface area contributed by atoms with Crippen molar-refractivity contribution in [1.29, 1.82) is 5.53 Å². The lowest BCUT2D eigenvalue weighted by atomic mass is 9.98. The molecule has 1 heterocycles. The van der Waals surface area contributed by atoms with Crippen molar-refractivity contribution in [2.24, 2.45) is 5.11 Å². The lowest BCUT2D eigenvalue weighted by Crippen LogP contribution is -2.58. The van der Waals surface area contributed by atoms with E-state index in [0.29, 0.717) is 0 Å². The summed E-state index contributed by atoms with van der Waals surface area (Å²) in [6, 6.07) is 5.15. The predicted molar refractivity (Wildman–Crippen MR) is 81.7 cm³/mol. The van der Waals surface area contributed by atoms with Gasteiger partial charge in [-0.2, -0.15) is 8.42 Å². The fourth-order valence-electron chi connectivity index (χ4n) is 2.43. The summed E-state index contributed by atoms with van der Waals surface area (Å²) < 4.78 is 40.6. The molecule has 132 valence electrons. The molecule has 0 spiro atoms. The molecule has 1 aliphatic rings. The van der Waals surface area contributed by atoms with Crippen LogP contribution in [-0.4, -0.2) is 51.3 Å². The van der Waals surface area contributed by atoms with E-state index in [9.17, 15) is 13.5 Å². The Kier molecular flexibility index (Phi) is 5.81. The van der Waals surface area contributed by atoms with E-state index in [1.165, 1.54) is 19.2 Å². The molecule has 0 saturated carbocycles. The second-order valence-electron chi connectivity index (χ2n) is 5.47. The molecule has 0 radical (unpaired) electrons. The van der Waals surface area contributed by atoms with E-state index in [-0.39, 0.29) is 4.90 Å². The topological polar surface area (TPSA) is 132 Å². The van der Waals surface area contributed by atoms with E-state index in [4.69, 9.17) is 19.2 Å². The molecule has 0 amide bonds. The van der Waals surface area contributed by atoms with Crippen LogP contribution in [0.15, 0.2) is 34.3 Å². The Balaban J connectivity index is 2.30. The maximum Gasteiger partial charge on any atom is 0.297 e. The van der Waals surface area contributed by atoms with Gasteiger partial charge >= 0.3 is 0 Å². The standard InChI is InChI=1S/C14H20N3O6S/c1-8-4-6-10(7-5-8)24(19,20)23-13-12(18)11(16-17-15)9(2)22-14(13)21-3/h4-7,9,11-15,18H,1-3H3/q+1. The molecule has 0 aromatic heterocycles. The van der Waals surface area contributed by atoms with Gasteiger partial charge in [0.15, 0.2) is 18.4 Å². The SMILES string of the molecule is COC1OC(C)C(N=[N+]=N)C(O)C1OS(=O)(=O)c1ccc(C)cc1. The largest absolute Gasteiger partial charge is 0.388 e. The highest BCUT2D eigenvalue weighted by atomic mass is 32.2. The van der Waals surface area contributed by atoms with Crippen molar-refractivity contribution in [3.63, 3.8) is 0 Å². The molecule has 2 rings (SSSR count). The molecular formula is C14H20N3O6S+. The van der Waals surface area contributed by atoms with Gasteiger partial charge in [-0.15, -0.1) is 0 Å². The van der Waals surface area contributed by atoms with E-state index in [0.717, 1.165) is 5.56 Å². The van der Waals surface area contributed by atoms with Gasteiger partial charge in [0.1, 0.15) is 16.7 Å². The van der Waals surface area contributed by atoms with Crippen LogP contribution in [0.4, 0.5) is 0 Å². The zero-order valence-electron chi connectivity index (χ0n) is 13.5. The summed E-state index contributed by atoms with van der Waals surface area (Å²) in [4.78, 5) is 2.85. The number of aryl methyl sites for hydroxylation is 1. The third-order valence-corrected chi connectivity index (χ3v) is 5.08. The van der Waals surface area contributed by atoms with Crippen LogP contribution in [-0.2, 0) is 23.8 Å². The first-order valence-electron chi connectivity index (χ1n) is 7.23. The van der Waals surface area contributed by atoms with Gasteiger partial charge in [0.05, 0.1) is 11.0 Å². The lowest BCUT2D eigenvalue weighted by molar-refractivity contribution is -0.252. The summed E-state index contributed by atoms with van der Waals surface area (Å²) in [5.74, 6) is 0. The first-order chi connectivity index (χ1) is 11.3. The first-order valence-corrected chi connectivity index (χ1v) is 8.64. The second kappa shape index (κ2) is 7.47. The van der Waals surface area contributed by atoms with Crippen molar-refractivity contribution in [3.05, 3.63) is 29.8 Å². The van der Waals surface area contributed by atoms with Gasteiger partial charge in [-0.05, 0) is 26.0 Å². The van der Waals surface area contributed by atoms with Crippen LogP contribution in [0.5, 0.6) is 0 Å². The molecule has 1 aliphatic heterocycles. The Labute approximate surface area is 139 Å². The van der Waals surface area contributed by atoms with Crippen LogP contribution in [0.2, 0.25) is 0 Å². The summed E-state index contributed by atoms with van der Waals surface area (Å²) in [5, 5.41) is 14.0. The first kappa shape index (κ1) is 18.7. The minimum absolute atomic E-state index is 0.0487. The van der Waals surface area contributed by atoms with Gasteiger partial charge in [0.25, 0.3) is 10.1 Å². The summed E-state index contributed by atoms with van der Waals surface area (Å²) in [6.07, 6.45) is -4.44. The van der Waals surface area contributed by atoms with Gasteiger partial charge in [-0.3, -0.25) is 4.18 Å². The van der Waals surface area contributed by atoms with E-state index in [1.807, 2.05) is 6.92 Å². The zero-order valence-corrected chi connectivity index (χ0v) is 14.3. The van der Waals surface area contributed by atoms with E-state index >= 15 is 0 Å². The van der Waals surface area contributed by atoms with Crippen LogP contribution < -0.4 is 4.91 Å². The molecule has 0 aliphatic carbocycles. The molecule has 24 heavy (non-hydrogen) atoms. The normalized spacial score (nSPS) is 30.6. The number of rotatable bonds is 5. The Hall–Kier alpha value is -1.68. The summed E-state index contributed by atoms with van der Waals surface area (Å²) >= 11 is 0. The molecule has 1 aromatic rings. The average molecular weight is 358 g/mol. The summed E-state index contributed by atoms with van der Waals surface area (Å²) in [7, 11) is -2.84. The quantitative estimate of drug-likeness (QED) is 0.453. The van der Waals surface area contributed by atoms with Gasteiger partial charge in [0.2, 0.25) is 4.91 Å². The zero-order chi connectivity index (χ0) is 17.9. The number of ether oxygens (including phenoxy) is 2. The van der Waals surface area contributed by atoms with Crippen LogP contribution in [0.3, 0.4) is 0 Å². The molecular weight excluding hydrogens is 338 g/mol. The molecule has 5 unspecified atom stereocenters. The number of benzene rings is 1. The Bertz CT molecular complexity index is 717. The predicted octanol–water partition coefficient (Wildman–Crippen LogP) is 0.740. The van der Waals surface area contributed by atoms with E-state index in [2.05, 4.69) is 10.0 Å². The second-order valence-corrected chi connectivity index (χ2v) is 7.04. The van der Waals surface area contributed by atoms with Crippen LogP contribution in [0.25, 0.3) is 0 Å². The fraction of sp³-hybridized carbons (Fsp3) is 0.571. The Morgan fingerprint density at radius 2 is 1.96 bits per heavy atom. The third kappa shape index (κ3) is 3.86. The van der Waals surface area contributed by atoms with Gasteiger partial charge in [-0.1, -0.05) is 17.7 Å². The monoisotopic (exact) mass is 358 g/mol. The highest BCUT2D eigenvalue weighted by molar-refractivity contribution is 7.86. The van der Waals surface area contributed by atoms with Crippen molar-refractivity contribution in [2.45, 2.75) is 49.4 Å². The van der Waals surface area contributed by atoms with Crippen molar-refractivity contribution < 1.29 is 27.2 Å². The Morgan fingerprint density at radius 3 is 2.50 bits per heavy atom. The highest BCUT2D eigenvalue weighted by Gasteiger charge is 2.49. The van der Waals surface area contributed by atoms with Gasteiger partial charge in [-0.25, -0.2) is 0 Å². The molecule has 1 fully saturated rings. The smallest absolute Gasteiger partial charge is 0.297 e.